The van der Waals surface area contributed by atoms with Crippen LogP contribution in [0.15, 0.2) is 48.8 Å². The lowest BCUT2D eigenvalue weighted by atomic mass is 10.2. The number of ether oxygens (including phenoxy) is 2. The molecule has 6 heteroatoms. The van der Waals surface area contributed by atoms with Gasteiger partial charge in [0, 0.05) is 11.9 Å². The Bertz CT molecular complexity index is 809. The zero-order valence-corrected chi connectivity index (χ0v) is 13.3. The first-order valence-electron chi connectivity index (χ1n) is 7.61. The SMILES string of the molecule is COc1ccc(COCCNc2ncnc3ccc(F)cc23)cc1. The summed E-state index contributed by atoms with van der Waals surface area (Å²) in [6, 6.07) is 12.2. The van der Waals surface area contributed by atoms with Gasteiger partial charge in [0.1, 0.15) is 23.7 Å². The van der Waals surface area contributed by atoms with Gasteiger partial charge in [-0.2, -0.15) is 0 Å². The van der Waals surface area contributed by atoms with Crippen molar-refractivity contribution in [1.29, 1.82) is 0 Å². The number of halogens is 1. The highest BCUT2D eigenvalue weighted by Gasteiger charge is 2.04. The molecule has 0 spiro atoms. The van der Waals surface area contributed by atoms with E-state index in [9.17, 15) is 4.39 Å². The molecule has 1 aromatic heterocycles. The fraction of sp³-hybridized carbons (Fsp3) is 0.222. The van der Waals surface area contributed by atoms with Crippen LogP contribution in [0.3, 0.4) is 0 Å². The molecule has 5 nitrogen and oxygen atoms in total. The minimum absolute atomic E-state index is 0.309. The molecule has 0 saturated heterocycles. The molecule has 124 valence electrons. The summed E-state index contributed by atoms with van der Waals surface area (Å²) >= 11 is 0. The van der Waals surface area contributed by atoms with E-state index in [1.54, 1.807) is 13.2 Å². The lowest BCUT2D eigenvalue weighted by molar-refractivity contribution is 0.130. The normalized spacial score (nSPS) is 10.8. The highest BCUT2D eigenvalue weighted by molar-refractivity contribution is 5.88. The number of anilines is 1. The Morgan fingerprint density at radius 2 is 1.92 bits per heavy atom. The molecule has 1 heterocycles. The molecule has 0 aliphatic carbocycles. The van der Waals surface area contributed by atoms with Crippen LogP contribution in [0, 0.1) is 5.82 Å². The van der Waals surface area contributed by atoms with Crippen molar-refractivity contribution in [3.63, 3.8) is 0 Å². The van der Waals surface area contributed by atoms with Gasteiger partial charge in [0.15, 0.2) is 0 Å². The molecular weight excluding hydrogens is 309 g/mol. The third-order valence-corrected chi connectivity index (χ3v) is 3.56. The largest absolute Gasteiger partial charge is 0.497 e. The van der Waals surface area contributed by atoms with Crippen LogP contribution in [-0.4, -0.2) is 30.2 Å². The Morgan fingerprint density at radius 3 is 2.71 bits per heavy atom. The second kappa shape index (κ2) is 7.70. The molecule has 0 saturated carbocycles. The summed E-state index contributed by atoms with van der Waals surface area (Å²) in [7, 11) is 1.64. The summed E-state index contributed by atoms with van der Waals surface area (Å²) in [4.78, 5) is 8.29. The molecular formula is C18H18FN3O2. The quantitative estimate of drug-likeness (QED) is 0.674. The second-order valence-electron chi connectivity index (χ2n) is 5.21. The van der Waals surface area contributed by atoms with Gasteiger partial charge in [-0.05, 0) is 35.9 Å². The van der Waals surface area contributed by atoms with Gasteiger partial charge in [-0.3, -0.25) is 0 Å². The average Bonchev–Trinajstić information content (AvgIpc) is 2.62. The van der Waals surface area contributed by atoms with Crippen LogP contribution in [-0.2, 0) is 11.3 Å². The Balaban J connectivity index is 1.50. The summed E-state index contributed by atoms with van der Waals surface area (Å²) in [6.07, 6.45) is 1.46. The molecule has 3 rings (SSSR count). The van der Waals surface area contributed by atoms with Crippen molar-refractivity contribution in [1.82, 2.24) is 9.97 Å². The van der Waals surface area contributed by atoms with E-state index in [0.717, 1.165) is 11.3 Å². The second-order valence-corrected chi connectivity index (χ2v) is 5.21. The molecule has 0 radical (unpaired) electrons. The highest BCUT2D eigenvalue weighted by Crippen LogP contribution is 2.19. The van der Waals surface area contributed by atoms with Crippen molar-refractivity contribution < 1.29 is 13.9 Å². The van der Waals surface area contributed by atoms with Crippen LogP contribution in [0.25, 0.3) is 10.9 Å². The van der Waals surface area contributed by atoms with Crippen LogP contribution >= 0.6 is 0 Å². The first kappa shape index (κ1) is 16.1. The maximum atomic E-state index is 13.4. The van der Waals surface area contributed by atoms with E-state index in [1.165, 1.54) is 18.5 Å². The molecule has 3 aromatic rings. The van der Waals surface area contributed by atoms with E-state index >= 15 is 0 Å². The van der Waals surface area contributed by atoms with E-state index in [-0.39, 0.29) is 5.82 Å². The number of methoxy groups -OCH3 is 1. The predicted molar refractivity (Wildman–Crippen MR) is 90.6 cm³/mol. The lowest BCUT2D eigenvalue weighted by Crippen LogP contribution is -2.11. The zero-order valence-electron chi connectivity index (χ0n) is 13.3. The van der Waals surface area contributed by atoms with Crippen LogP contribution in [0.2, 0.25) is 0 Å². The average molecular weight is 327 g/mol. The van der Waals surface area contributed by atoms with Crippen molar-refractivity contribution in [2.24, 2.45) is 0 Å². The van der Waals surface area contributed by atoms with E-state index in [1.807, 2.05) is 24.3 Å². The summed E-state index contributed by atoms with van der Waals surface area (Å²) < 4.78 is 24.1. The predicted octanol–water partition coefficient (Wildman–Crippen LogP) is 3.41. The first-order valence-corrected chi connectivity index (χ1v) is 7.61. The fourth-order valence-electron chi connectivity index (χ4n) is 2.32. The van der Waals surface area contributed by atoms with E-state index in [0.29, 0.717) is 36.5 Å². The van der Waals surface area contributed by atoms with E-state index in [2.05, 4.69) is 15.3 Å². The Labute approximate surface area is 139 Å². The summed E-state index contributed by atoms with van der Waals surface area (Å²) in [5, 5.41) is 3.82. The van der Waals surface area contributed by atoms with E-state index in [4.69, 9.17) is 9.47 Å². The first-order chi connectivity index (χ1) is 11.8. The summed E-state index contributed by atoms with van der Waals surface area (Å²) in [5.41, 5.74) is 1.78. The van der Waals surface area contributed by atoms with Crippen LogP contribution < -0.4 is 10.1 Å². The van der Waals surface area contributed by atoms with Crippen molar-refractivity contribution in [3.8, 4) is 5.75 Å². The number of benzene rings is 2. The maximum absolute atomic E-state index is 13.4. The van der Waals surface area contributed by atoms with E-state index < -0.39 is 0 Å². The topological polar surface area (TPSA) is 56.3 Å². The molecule has 0 unspecified atom stereocenters. The van der Waals surface area contributed by atoms with Gasteiger partial charge in [-0.25, -0.2) is 14.4 Å². The zero-order chi connectivity index (χ0) is 16.8. The Hall–Kier alpha value is -2.73. The molecule has 0 atom stereocenters. The molecule has 0 bridgehead atoms. The van der Waals surface area contributed by atoms with Crippen molar-refractivity contribution in [3.05, 3.63) is 60.2 Å². The third-order valence-electron chi connectivity index (χ3n) is 3.56. The van der Waals surface area contributed by atoms with Gasteiger partial charge in [-0.1, -0.05) is 12.1 Å². The molecule has 1 N–H and O–H groups in total. The van der Waals surface area contributed by atoms with Gasteiger partial charge < -0.3 is 14.8 Å². The molecule has 2 aromatic carbocycles. The number of hydrogen-bond acceptors (Lipinski definition) is 5. The summed E-state index contributed by atoms with van der Waals surface area (Å²) in [6.45, 7) is 1.59. The Morgan fingerprint density at radius 1 is 1.08 bits per heavy atom. The van der Waals surface area contributed by atoms with Crippen LogP contribution in [0.1, 0.15) is 5.56 Å². The number of hydrogen-bond donors (Lipinski definition) is 1. The van der Waals surface area contributed by atoms with Crippen molar-refractivity contribution >= 4 is 16.7 Å². The molecule has 0 amide bonds. The van der Waals surface area contributed by atoms with Gasteiger partial charge >= 0.3 is 0 Å². The molecule has 0 fully saturated rings. The minimum atomic E-state index is -0.309. The van der Waals surface area contributed by atoms with Gasteiger partial charge in [-0.15, -0.1) is 0 Å². The van der Waals surface area contributed by atoms with Gasteiger partial charge in [0.2, 0.25) is 0 Å². The minimum Gasteiger partial charge on any atom is -0.497 e. The lowest BCUT2D eigenvalue weighted by Gasteiger charge is -2.09. The fourth-order valence-corrected chi connectivity index (χ4v) is 2.32. The highest BCUT2D eigenvalue weighted by atomic mass is 19.1. The van der Waals surface area contributed by atoms with Gasteiger partial charge in [0.05, 0.1) is 25.8 Å². The molecule has 24 heavy (non-hydrogen) atoms. The maximum Gasteiger partial charge on any atom is 0.137 e. The Kier molecular flexibility index (Phi) is 5.18. The van der Waals surface area contributed by atoms with Crippen LogP contribution in [0.4, 0.5) is 10.2 Å². The monoisotopic (exact) mass is 327 g/mol. The number of nitrogens with one attached hydrogen (secondary N) is 1. The smallest absolute Gasteiger partial charge is 0.137 e. The summed E-state index contributed by atoms with van der Waals surface area (Å²) in [5.74, 6) is 1.12. The van der Waals surface area contributed by atoms with Crippen LogP contribution in [0.5, 0.6) is 5.75 Å². The number of nitrogens with zero attached hydrogens (tertiary/aromatic N) is 2. The van der Waals surface area contributed by atoms with Gasteiger partial charge in [0.25, 0.3) is 0 Å². The molecule has 0 aliphatic heterocycles. The van der Waals surface area contributed by atoms with Crippen molar-refractivity contribution in [2.75, 3.05) is 25.6 Å². The number of rotatable bonds is 7. The van der Waals surface area contributed by atoms with Crippen molar-refractivity contribution in [2.45, 2.75) is 6.61 Å². The third kappa shape index (κ3) is 3.97. The molecule has 0 aliphatic rings. The standard InChI is InChI=1S/C18H18FN3O2/c1-23-15-5-2-13(3-6-15)11-24-9-8-20-18-16-10-14(19)4-7-17(16)21-12-22-18/h2-7,10,12H,8-9,11H2,1H3,(H,20,21,22). The number of fused-ring (bicyclic) bond motifs is 1. The number of aromatic nitrogens is 2.